The number of pyridine rings is 1. The largest absolute Gasteiger partial charge is 0.388 e. The lowest BCUT2D eigenvalue weighted by molar-refractivity contribution is 0.0362. The van der Waals surface area contributed by atoms with Gasteiger partial charge in [-0.2, -0.15) is 0 Å². The molecule has 4 rings (SSSR count). The number of amides is 1. The minimum absolute atomic E-state index is 0.292. The van der Waals surface area contributed by atoms with Crippen LogP contribution in [-0.4, -0.2) is 45.2 Å². The zero-order valence-corrected chi connectivity index (χ0v) is 19.5. The number of carbonyl (C=O) groups is 1. The van der Waals surface area contributed by atoms with E-state index in [1.807, 2.05) is 62.5 Å². The topological polar surface area (TPSA) is 91.2 Å². The van der Waals surface area contributed by atoms with Crippen LogP contribution in [-0.2, 0) is 12.0 Å². The number of aliphatic hydroxyl groups excluding tert-OH is 1. The molecule has 0 unspecified atom stereocenters. The number of carbonyl (C=O) groups excluding carboxylic acids is 1. The summed E-state index contributed by atoms with van der Waals surface area (Å²) < 4.78 is 0. The number of benzene rings is 1. The first-order valence-electron chi connectivity index (χ1n) is 11.5. The highest BCUT2D eigenvalue weighted by Gasteiger charge is 2.45. The fourth-order valence-corrected chi connectivity index (χ4v) is 4.56. The van der Waals surface area contributed by atoms with Crippen molar-refractivity contribution in [2.75, 3.05) is 18.0 Å². The molecule has 2 N–H and O–H groups in total. The van der Waals surface area contributed by atoms with Crippen molar-refractivity contribution in [2.45, 2.75) is 51.7 Å². The fraction of sp³-hybridized carbons (Fsp3) is 0.385. The summed E-state index contributed by atoms with van der Waals surface area (Å²) in [5.74, 6) is 1.29. The van der Waals surface area contributed by atoms with Crippen molar-refractivity contribution in [1.29, 1.82) is 0 Å². The number of nitrogens with zero attached hydrogens (tertiary/aromatic N) is 4. The van der Waals surface area contributed by atoms with Gasteiger partial charge in [0.05, 0.1) is 11.6 Å². The average molecular weight is 446 g/mol. The van der Waals surface area contributed by atoms with Gasteiger partial charge in [-0.05, 0) is 44.4 Å². The van der Waals surface area contributed by atoms with E-state index in [9.17, 15) is 9.90 Å². The Morgan fingerprint density at radius 2 is 1.94 bits per heavy atom. The Hall–Kier alpha value is -3.32. The minimum Gasteiger partial charge on any atom is -0.388 e. The van der Waals surface area contributed by atoms with Crippen molar-refractivity contribution in [3.63, 3.8) is 0 Å². The molecule has 33 heavy (non-hydrogen) atoms. The van der Waals surface area contributed by atoms with E-state index in [0.717, 1.165) is 35.5 Å². The zero-order valence-electron chi connectivity index (χ0n) is 19.5. The maximum atomic E-state index is 13.2. The van der Waals surface area contributed by atoms with E-state index in [-0.39, 0.29) is 5.91 Å². The summed E-state index contributed by atoms with van der Waals surface area (Å²) >= 11 is 0. The Labute approximate surface area is 194 Å². The molecule has 1 aliphatic rings. The van der Waals surface area contributed by atoms with Crippen LogP contribution in [0.15, 0.2) is 54.7 Å². The first-order chi connectivity index (χ1) is 15.9. The molecule has 1 fully saturated rings. The third kappa shape index (κ3) is 4.73. The number of hydrogen-bond acceptors (Lipinski definition) is 6. The molecule has 1 saturated heterocycles. The van der Waals surface area contributed by atoms with E-state index in [2.05, 4.69) is 27.1 Å². The molecule has 1 aromatic carbocycles. The van der Waals surface area contributed by atoms with Crippen LogP contribution >= 0.6 is 0 Å². The standard InChI is InChI=1S/C26H31N5O2/c1-4-9-20-16-27-19(3)29-24(20)31-15-14-26(23(32)17-31,21-11-6-5-7-12-21)30-25(33)22-13-8-10-18(2)28-22/h5-8,10-13,16,23,32H,4,9,14-15,17H2,1-3H3,(H,30,33)/t23-,26+/m1/s1. The minimum atomic E-state index is -0.923. The highest BCUT2D eigenvalue weighted by atomic mass is 16.3. The number of piperidine rings is 1. The van der Waals surface area contributed by atoms with Gasteiger partial charge in [0.25, 0.3) is 5.91 Å². The van der Waals surface area contributed by atoms with E-state index in [4.69, 9.17) is 4.98 Å². The number of aromatic nitrogens is 3. The van der Waals surface area contributed by atoms with Crippen LogP contribution < -0.4 is 10.2 Å². The summed E-state index contributed by atoms with van der Waals surface area (Å²) in [6, 6.07) is 15.1. The summed E-state index contributed by atoms with van der Waals surface area (Å²) in [5, 5.41) is 14.7. The van der Waals surface area contributed by atoms with Crippen molar-refractivity contribution < 1.29 is 9.90 Å². The highest BCUT2D eigenvalue weighted by Crippen LogP contribution is 2.36. The van der Waals surface area contributed by atoms with Crippen LogP contribution in [0, 0.1) is 13.8 Å². The highest BCUT2D eigenvalue weighted by molar-refractivity contribution is 5.93. The van der Waals surface area contributed by atoms with Gasteiger partial charge >= 0.3 is 0 Å². The number of aliphatic hydroxyl groups is 1. The van der Waals surface area contributed by atoms with Gasteiger partial charge in [0.2, 0.25) is 0 Å². The van der Waals surface area contributed by atoms with Gasteiger partial charge in [-0.25, -0.2) is 15.0 Å². The fourth-order valence-electron chi connectivity index (χ4n) is 4.56. The quantitative estimate of drug-likeness (QED) is 0.605. The van der Waals surface area contributed by atoms with Crippen molar-refractivity contribution >= 4 is 11.7 Å². The first kappa shape index (κ1) is 22.9. The molecule has 7 heteroatoms. The molecule has 7 nitrogen and oxygen atoms in total. The van der Waals surface area contributed by atoms with Gasteiger partial charge < -0.3 is 15.3 Å². The van der Waals surface area contributed by atoms with E-state index < -0.39 is 11.6 Å². The number of β-amino-alcohol motifs (C(OH)–C–C–N with tert-alkyl or cyclic N) is 1. The third-order valence-electron chi connectivity index (χ3n) is 6.27. The molecule has 3 heterocycles. The van der Waals surface area contributed by atoms with Crippen LogP contribution in [0.25, 0.3) is 0 Å². The Morgan fingerprint density at radius 3 is 2.64 bits per heavy atom. The molecule has 0 saturated carbocycles. The molecule has 3 aromatic rings. The molecule has 0 spiro atoms. The van der Waals surface area contributed by atoms with Crippen LogP contribution in [0.1, 0.15) is 52.9 Å². The lowest BCUT2D eigenvalue weighted by Gasteiger charge is -2.47. The summed E-state index contributed by atoms with van der Waals surface area (Å²) in [4.78, 5) is 28.8. The van der Waals surface area contributed by atoms with Crippen molar-refractivity contribution in [2.24, 2.45) is 0 Å². The Bertz CT molecular complexity index is 1120. The third-order valence-corrected chi connectivity index (χ3v) is 6.27. The maximum Gasteiger partial charge on any atom is 0.270 e. The summed E-state index contributed by atoms with van der Waals surface area (Å²) in [7, 11) is 0. The Balaban J connectivity index is 1.66. The molecule has 1 amide bonds. The number of hydrogen-bond donors (Lipinski definition) is 2. The normalized spacial score (nSPS) is 20.5. The van der Waals surface area contributed by atoms with Gasteiger partial charge in [-0.1, -0.05) is 49.7 Å². The zero-order chi connectivity index (χ0) is 23.4. The molecule has 0 aliphatic carbocycles. The Kier molecular flexibility index (Phi) is 6.70. The van der Waals surface area contributed by atoms with Gasteiger partial charge in [0.1, 0.15) is 17.3 Å². The lowest BCUT2D eigenvalue weighted by Crippen LogP contribution is -2.62. The van der Waals surface area contributed by atoms with E-state index >= 15 is 0 Å². The molecule has 1 aliphatic heterocycles. The number of nitrogens with one attached hydrogen (secondary N) is 1. The van der Waals surface area contributed by atoms with Crippen LogP contribution in [0.3, 0.4) is 0 Å². The second-order valence-corrected chi connectivity index (χ2v) is 8.68. The SMILES string of the molecule is CCCc1cnc(C)nc1N1CC[C@](NC(=O)c2cccc(C)n2)(c2ccccc2)[C@H](O)C1. The Morgan fingerprint density at radius 1 is 1.15 bits per heavy atom. The van der Waals surface area contributed by atoms with Crippen LogP contribution in [0.4, 0.5) is 5.82 Å². The molecular weight excluding hydrogens is 414 g/mol. The van der Waals surface area contributed by atoms with Crippen LogP contribution in [0.2, 0.25) is 0 Å². The number of aryl methyl sites for hydroxylation is 3. The van der Waals surface area contributed by atoms with Crippen LogP contribution in [0.5, 0.6) is 0 Å². The lowest BCUT2D eigenvalue weighted by atomic mass is 9.78. The molecule has 172 valence electrons. The molecule has 0 radical (unpaired) electrons. The summed E-state index contributed by atoms with van der Waals surface area (Å²) in [6.45, 7) is 6.85. The second kappa shape index (κ2) is 9.67. The monoisotopic (exact) mass is 445 g/mol. The second-order valence-electron chi connectivity index (χ2n) is 8.68. The van der Waals surface area contributed by atoms with Crippen molar-refractivity contribution in [3.05, 3.63) is 83.1 Å². The van der Waals surface area contributed by atoms with Crippen molar-refractivity contribution in [1.82, 2.24) is 20.3 Å². The molecular formula is C26H31N5O2. The average Bonchev–Trinajstić information content (AvgIpc) is 2.82. The summed E-state index contributed by atoms with van der Waals surface area (Å²) in [6.07, 6.45) is 3.44. The molecule has 2 aromatic heterocycles. The summed E-state index contributed by atoms with van der Waals surface area (Å²) in [5.41, 5.74) is 2.15. The molecule has 2 atom stereocenters. The van der Waals surface area contributed by atoms with Gasteiger partial charge in [0, 0.05) is 30.5 Å². The van der Waals surface area contributed by atoms with E-state index in [1.54, 1.807) is 6.07 Å². The number of anilines is 1. The van der Waals surface area contributed by atoms with E-state index in [1.165, 1.54) is 0 Å². The smallest absolute Gasteiger partial charge is 0.270 e. The number of rotatable bonds is 6. The first-order valence-corrected chi connectivity index (χ1v) is 11.5. The predicted molar refractivity (Wildman–Crippen MR) is 128 cm³/mol. The van der Waals surface area contributed by atoms with Crippen molar-refractivity contribution in [3.8, 4) is 0 Å². The van der Waals surface area contributed by atoms with Gasteiger partial charge in [-0.3, -0.25) is 4.79 Å². The molecule has 0 bridgehead atoms. The van der Waals surface area contributed by atoms with Gasteiger partial charge in [-0.15, -0.1) is 0 Å². The predicted octanol–water partition coefficient (Wildman–Crippen LogP) is 3.34. The maximum absolute atomic E-state index is 13.2. The van der Waals surface area contributed by atoms with E-state index in [0.29, 0.717) is 31.0 Å². The van der Waals surface area contributed by atoms with Gasteiger partial charge in [0.15, 0.2) is 0 Å².